The molecule has 3 aromatic heterocycles. The van der Waals surface area contributed by atoms with E-state index in [1.54, 1.807) is 29.9 Å². The van der Waals surface area contributed by atoms with Gasteiger partial charge in [0.1, 0.15) is 5.82 Å². The number of piperidine rings is 1. The molecule has 0 atom stereocenters. The van der Waals surface area contributed by atoms with Crippen molar-refractivity contribution in [3.63, 3.8) is 0 Å². The minimum Gasteiger partial charge on any atom is -0.323 e. The maximum atomic E-state index is 12.6. The van der Waals surface area contributed by atoms with Gasteiger partial charge in [0, 0.05) is 35.9 Å². The van der Waals surface area contributed by atoms with E-state index in [0.717, 1.165) is 53.0 Å². The Morgan fingerprint density at radius 3 is 2.85 bits per heavy atom. The number of hydrogen-bond donors (Lipinski definition) is 1. The number of nitrogens with zero attached hydrogens (tertiary/aromatic N) is 5. The molecule has 0 aliphatic carbocycles. The van der Waals surface area contributed by atoms with E-state index in [0.29, 0.717) is 0 Å². The predicted molar refractivity (Wildman–Crippen MR) is 102 cm³/mol. The smallest absolute Gasteiger partial charge is 0.323 e. The predicted octanol–water partition coefficient (Wildman–Crippen LogP) is 3.91. The second-order valence-corrected chi connectivity index (χ2v) is 7.47. The summed E-state index contributed by atoms with van der Waals surface area (Å²) in [4.78, 5) is 24.4. The summed E-state index contributed by atoms with van der Waals surface area (Å²) >= 11 is 1.56. The number of aromatic nitrogens is 4. The minimum atomic E-state index is -0.0596. The molecule has 1 aliphatic rings. The highest BCUT2D eigenvalue weighted by Crippen LogP contribution is 2.31. The first-order valence-corrected chi connectivity index (χ1v) is 9.52. The number of likely N-dealkylation sites (tertiary alicyclic amines) is 1. The molecule has 0 spiro atoms. The number of carbonyl (C=O) groups is 1. The van der Waals surface area contributed by atoms with Crippen LogP contribution in [-0.4, -0.2) is 43.8 Å². The largest absolute Gasteiger partial charge is 0.344 e. The first-order chi connectivity index (χ1) is 12.7. The number of aryl methyl sites for hydroxylation is 1. The van der Waals surface area contributed by atoms with Crippen LogP contribution in [0.25, 0.3) is 11.3 Å². The van der Waals surface area contributed by atoms with E-state index in [4.69, 9.17) is 0 Å². The van der Waals surface area contributed by atoms with E-state index >= 15 is 0 Å². The van der Waals surface area contributed by atoms with Crippen molar-refractivity contribution in [3.05, 3.63) is 41.7 Å². The van der Waals surface area contributed by atoms with Gasteiger partial charge in [0.15, 0.2) is 5.13 Å². The van der Waals surface area contributed by atoms with Gasteiger partial charge in [-0.25, -0.2) is 14.8 Å². The Bertz CT molecular complexity index is 898. The van der Waals surface area contributed by atoms with Gasteiger partial charge in [0.25, 0.3) is 0 Å². The summed E-state index contributed by atoms with van der Waals surface area (Å²) in [6.45, 7) is 3.63. The number of carbonyl (C=O) groups excluding carboxylic acids is 1. The van der Waals surface area contributed by atoms with Crippen LogP contribution in [0.1, 0.15) is 24.1 Å². The Balaban J connectivity index is 1.53. The molecule has 3 aromatic rings. The molecule has 134 valence electrons. The van der Waals surface area contributed by atoms with Crippen molar-refractivity contribution in [2.24, 2.45) is 0 Å². The molecule has 8 heteroatoms. The fourth-order valence-corrected chi connectivity index (χ4v) is 3.89. The molecule has 0 aromatic carbocycles. The topological polar surface area (TPSA) is 75.9 Å². The number of nitrogens with one attached hydrogen (secondary N) is 1. The van der Waals surface area contributed by atoms with Crippen molar-refractivity contribution < 1.29 is 4.79 Å². The standard InChI is InChI=1S/C18H20N6OS/c1-13-16(22-17(26-13)21-15-7-3-4-8-19-15)14-11-20-24(12-14)18(25)23-9-5-2-6-10-23/h3-4,7-8,11-12H,2,5-6,9-10H2,1H3,(H,19,21,22). The Morgan fingerprint density at radius 1 is 1.23 bits per heavy atom. The Kier molecular flexibility index (Phi) is 4.66. The second kappa shape index (κ2) is 7.25. The Hall–Kier alpha value is -2.74. The number of rotatable bonds is 3. The zero-order valence-corrected chi connectivity index (χ0v) is 15.4. The highest BCUT2D eigenvalue weighted by atomic mass is 32.1. The normalized spacial score (nSPS) is 14.4. The van der Waals surface area contributed by atoms with Crippen molar-refractivity contribution in [1.82, 2.24) is 24.6 Å². The molecule has 7 nitrogen and oxygen atoms in total. The highest BCUT2D eigenvalue weighted by molar-refractivity contribution is 7.16. The summed E-state index contributed by atoms with van der Waals surface area (Å²) in [5.74, 6) is 0.753. The van der Waals surface area contributed by atoms with Gasteiger partial charge in [-0.05, 0) is 38.3 Å². The van der Waals surface area contributed by atoms with E-state index in [1.165, 1.54) is 11.1 Å². The third-order valence-electron chi connectivity index (χ3n) is 4.38. The summed E-state index contributed by atoms with van der Waals surface area (Å²) < 4.78 is 1.42. The van der Waals surface area contributed by atoms with Crippen molar-refractivity contribution in [2.75, 3.05) is 18.4 Å². The third kappa shape index (κ3) is 3.45. The van der Waals surface area contributed by atoms with E-state index < -0.39 is 0 Å². The number of hydrogen-bond acceptors (Lipinski definition) is 6. The molecule has 0 bridgehead atoms. The second-order valence-electron chi connectivity index (χ2n) is 6.27. The summed E-state index contributed by atoms with van der Waals surface area (Å²) in [7, 11) is 0. The quantitative estimate of drug-likeness (QED) is 0.758. The lowest BCUT2D eigenvalue weighted by atomic mass is 10.1. The van der Waals surface area contributed by atoms with Gasteiger partial charge in [-0.1, -0.05) is 6.07 Å². The van der Waals surface area contributed by atoms with Crippen molar-refractivity contribution in [1.29, 1.82) is 0 Å². The van der Waals surface area contributed by atoms with Crippen LogP contribution >= 0.6 is 11.3 Å². The maximum absolute atomic E-state index is 12.6. The summed E-state index contributed by atoms with van der Waals surface area (Å²) in [5, 5.41) is 8.24. The molecule has 1 N–H and O–H groups in total. The molecule has 26 heavy (non-hydrogen) atoms. The molecule has 4 heterocycles. The van der Waals surface area contributed by atoms with Crippen LogP contribution in [-0.2, 0) is 0 Å². The van der Waals surface area contributed by atoms with Gasteiger partial charge in [0.2, 0.25) is 0 Å². The van der Waals surface area contributed by atoms with Crippen molar-refractivity contribution in [2.45, 2.75) is 26.2 Å². The number of amides is 1. The van der Waals surface area contributed by atoms with Crippen LogP contribution in [0.5, 0.6) is 0 Å². The molecule has 1 fully saturated rings. The molecule has 1 amide bonds. The van der Waals surface area contributed by atoms with Crippen molar-refractivity contribution in [3.8, 4) is 11.3 Å². The molecular formula is C18H20N6OS. The average molecular weight is 368 g/mol. The summed E-state index contributed by atoms with van der Waals surface area (Å²) in [5.41, 5.74) is 1.68. The zero-order valence-electron chi connectivity index (χ0n) is 14.6. The molecular weight excluding hydrogens is 348 g/mol. The number of pyridine rings is 1. The Morgan fingerprint density at radius 2 is 2.08 bits per heavy atom. The van der Waals surface area contributed by atoms with E-state index in [2.05, 4.69) is 20.4 Å². The Labute approximate surface area is 155 Å². The summed E-state index contributed by atoms with van der Waals surface area (Å²) in [6, 6.07) is 5.63. The van der Waals surface area contributed by atoms with Gasteiger partial charge in [-0.3, -0.25) is 0 Å². The fourth-order valence-electron chi connectivity index (χ4n) is 3.04. The fraction of sp³-hybridized carbons (Fsp3) is 0.333. The van der Waals surface area contributed by atoms with Crippen molar-refractivity contribution >= 4 is 28.3 Å². The number of thiazole rings is 1. The summed E-state index contributed by atoms with van der Waals surface area (Å²) in [6.07, 6.45) is 8.53. The van der Waals surface area contributed by atoms with Crippen LogP contribution in [0.4, 0.5) is 15.7 Å². The maximum Gasteiger partial charge on any atom is 0.344 e. The van der Waals surface area contributed by atoms with Gasteiger partial charge in [-0.15, -0.1) is 11.3 Å². The molecule has 1 aliphatic heterocycles. The average Bonchev–Trinajstić information content (AvgIpc) is 3.29. The minimum absolute atomic E-state index is 0.0596. The lowest BCUT2D eigenvalue weighted by Gasteiger charge is -2.25. The number of anilines is 2. The van der Waals surface area contributed by atoms with Gasteiger partial charge >= 0.3 is 6.03 Å². The van der Waals surface area contributed by atoms with Crippen LogP contribution in [0.15, 0.2) is 36.8 Å². The zero-order chi connectivity index (χ0) is 17.9. The van der Waals surface area contributed by atoms with E-state index in [-0.39, 0.29) is 6.03 Å². The molecule has 0 unspecified atom stereocenters. The van der Waals surface area contributed by atoms with Gasteiger partial charge in [-0.2, -0.15) is 9.78 Å². The first-order valence-electron chi connectivity index (χ1n) is 8.70. The van der Waals surface area contributed by atoms with E-state index in [9.17, 15) is 4.79 Å². The monoisotopic (exact) mass is 368 g/mol. The van der Waals surface area contributed by atoms with Gasteiger partial charge < -0.3 is 10.2 Å². The highest BCUT2D eigenvalue weighted by Gasteiger charge is 2.20. The van der Waals surface area contributed by atoms with Crippen LogP contribution < -0.4 is 5.32 Å². The third-order valence-corrected chi connectivity index (χ3v) is 5.26. The lowest BCUT2D eigenvalue weighted by Crippen LogP contribution is -2.38. The van der Waals surface area contributed by atoms with Gasteiger partial charge in [0.05, 0.1) is 11.9 Å². The molecule has 0 radical (unpaired) electrons. The van der Waals surface area contributed by atoms with E-state index in [1.807, 2.05) is 30.0 Å². The lowest BCUT2D eigenvalue weighted by molar-refractivity contribution is 0.185. The van der Waals surface area contributed by atoms with Crippen LogP contribution in [0, 0.1) is 6.92 Å². The molecule has 1 saturated heterocycles. The molecule has 4 rings (SSSR count). The first kappa shape index (κ1) is 16.7. The van der Waals surface area contributed by atoms with Crippen LogP contribution in [0.3, 0.4) is 0 Å². The van der Waals surface area contributed by atoms with Crippen LogP contribution in [0.2, 0.25) is 0 Å². The SMILES string of the molecule is Cc1sc(Nc2ccccn2)nc1-c1cnn(C(=O)N2CCCCC2)c1. The molecule has 0 saturated carbocycles.